The van der Waals surface area contributed by atoms with Crippen LogP contribution in [0.1, 0.15) is 37.8 Å². The van der Waals surface area contributed by atoms with Crippen molar-refractivity contribution in [2.24, 2.45) is 10.8 Å². The lowest BCUT2D eigenvalue weighted by molar-refractivity contribution is 0.350. The Balaban J connectivity index is 1.85. The van der Waals surface area contributed by atoms with E-state index in [2.05, 4.69) is 86.7 Å². The number of rotatable bonds is 2. The van der Waals surface area contributed by atoms with Gasteiger partial charge in [0.1, 0.15) is 0 Å². The van der Waals surface area contributed by atoms with E-state index in [4.69, 9.17) is 0 Å². The van der Waals surface area contributed by atoms with Crippen LogP contribution in [0.2, 0.25) is 0 Å². The molecule has 0 N–H and O–H groups in total. The predicted octanol–water partition coefficient (Wildman–Crippen LogP) is 5.97. The van der Waals surface area contributed by atoms with Gasteiger partial charge in [-0.2, -0.15) is 0 Å². The Hall–Kier alpha value is -2.08. The third-order valence-corrected chi connectivity index (χ3v) is 5.49. The Labute approximate surface area is 133 Å². The molecule has 0 fully saturated rings. The lowest BCUT2D eigenvalue weighted by Gasteiger charge is -2.49. The van der Waals surface area contributed by atoms with Gasteiger partial charge in [-0.25, -0.2) is 0 Å². The van der Waals surface area contributed by atoms with E-state index in [0.29, 0.717) is 0 Å². The largest absolute Gasteiger partial charge is 0.0695 e. The molecule has 0 aromatic heterocycles. The van der Waals surface area contributed by atoms with E-state index in [-0.39, 0.29) is 10.8 Å². The lowest BCUT2D eigenvalue weighted by Crippen LogP contribution is -2.35. The molecule has 1 unspecified atom stereocenters. The highest BCUT2D eigenvalue weighted by Gasteiger charge is 2.45. The fourth-order valence-electron chi connectivity index (χ4n) is 4.12. The van der Waals surface area contributed by atoms with Gasteiger partial charge in [0.25, 0.3) is 0 Å². The van der Waals surface area contributed by atoms with Crippen LogP contribution < -0.4 is 0 Å². The van der Waals surface area contributed by atoms with E-state index >= 15 is 0 Å². The van der Waals surface area contributed by atoms with Crippen molar-refractivity contribution >= 4 is 11.1 Å². The highest BCUT2D eigenvalue weighted by molar-refractivity contribution is 5.86. The Morgan fingerprint density at radius 3 is 1.32 bits per heavy atom. The van der Waals surface area contributed by atoms with Crippen LogP contribution in [0.15, 0.2) is 72.8 Å². The predicted molar refractivity (Wildman–Crippen MR) is 94.3 cm³/mol. The van der Waals surface area contributed by atoms with Crippen molar-refractivity contribution in [1.29, 1.82) is 0 Å². The first-order valence-corrected chi connectivity index (χ1v) is 8.18. The molecule has 0 heterocycles. The summed E-state index contributed by atoms with van der Waals surface area (Å²) in [5.74, 6) is 0. The minimum atomic E-state index is 0.157. The van der Waals surface area contributed by atoms with Crippen LogP contribution in [0.5, 0.6) is 0 Å². The van der Waals surface area contributed by atoms with Crippen molar-refractivity contribution in [2.45, 2.75) is 26.7 Å². The van der Waals surface area contributed by atoms with Crippen molar-refractivity contribution in [1.82, 2.24) is 0 Å². The van der Waals surface area contributed by atoms with Crippen LogP contribution in [0, 0.1) is 10.8 Å². The van der Waals surface area contributed by atoms with Gasteiger partial charge in [-0.3, -0.25) is 0 Å². The molecule has 0 aliphatic heterocycles. The van der Waals surface area contributed by atoms with Crippen LogP contribution in [0.25, 0.3) is 11.1 Å². The molecule has 22 heavy (non-hydrogen) atoms. The van der Waals surface area contributed by atoms with Crippen molar-refractivity contribution in [3.8, 4) is 0 Å². The van der Waals surface area contributed by atoms with Crippen molar-refractivity contribution in [3.05, 3.63) is 83.9 Å². The molecule has 3 aliphatic carbocycles. The minimum absolute atomic E-state index is 0.157. The molecule has 2 aromatic carbocycles. The van der Waals surface area contributed by atoms with Gasteiger partial charge in [0.15, 0.2) is 0 Å². The van der Waals surface area contributed by atoms with E-state index in [1.54, 1.807) is 0 Å². The maximum atomic E-state index is 2.54. The molecule has 3 aliphatic rings. The zero-order valence-corrected chi connectivity index (χ0v) is 13.3. The van der Waals surface area contributed by atoms with Crippen molar-refractivity contribution < 1.29 is 0 Å². The van der Waals surface area contributed by atoms with Crippen molar-refractivity contribution in [2.75, 3.05) is 0 Å². The van der Waals surface area contributed by atoms with E-state index < -0.39 is 0 Å². The summed E-state index contributed by atoms with van der Waals surface area (Å²) in [6.45, 7) is 4.79. The maximum Gasteiger partial charge on any atom is 0.0113 e. The molecule has 2 bridgehead atoms. The monoisotopic (exact) mass is 286 g/mol. The van der Waals surface area contributed by atoms with Gasteiger partial charge in [0.2, 0.25) is 0 Å². The Morgan fingerprint density at radius 1 is 0.591 bits per heavy atom. The van der Waals surface area contributed by atoms with Gasteiger partial charge in [-0.1, -0.05) is 86.7 Å². The van der Waals surface area contributed by atoms with Crippen LogP contribution >= 0.6 is 0 Å². The van der Waals surface area contributed by atoms with Crippen LogP contribution in [0.4, 0.5) is 0 Å². The van der Waals surface area contributed by atoms with Gasteiger partial charge in [0, 0.05) is 10.8 Å². The van der Waals surface area contributed by atoms with E-state index in [0.717, 1.165) is 0 Å². The smallest absolute Gasteiger partial charge is 0.0113 e. The number of fused-ring (bicyclic) bond motifs is 1. The Bertz CT molecular complexity index is 684. The summed E-state index contributed by atoms with van der Waals surface area (Å²) in [5, 5.41) is 0. The normalized spacial score (nSPS) is 29.9. The lowest BCUT2D eigenvalue weighted by atomic mass is 9.55. The summed E-state index contributed by atoms with van der Waals surface area (Å²) in [7, 11) is 0. The second-order valence-corrected chi connectivity index (χ2v) is 7.18. The molecule has 0 heteroatoms. The molecule has 0 radical (unpaired) electrons. The fraction of sp³-hybridized carbons (Fsp3) is 0.273. The standard InChI is InChI=1S/C22H22/c1-21-13-14-22(2,16-19(21)17-9-5-3-6-10-17)20(15-21)18-11-7-4-8-12-18/h3-12,15-16H,13-14H2,1-2H3/t21-,22?/m0/s1. The SMILES string of the molecule is CC12C=C(c3ccccc3)[C@](C)(C=C1c1ccccc1)CC2. The second-order valence-electron chi connectivity index (χ2n) is 7.18. The average molecular weight is 286 g/mol. The summed E-state index contributed by atoms with van der Waals surface area (Å²) in [6, 6.07) is 21.8. The maximum absolute atomic E-state index is 2.54. The molecule has 2 aromatic rings. The molecular formula is C22H22. The third kappa shape index (κ3) is 1.98. The van der Waals surface area contributed by atoms with E-state index in [1.165, 1.54) is 35.1 Å². The summed E-state index contributed by atoms with van der Waals surface area (Å²) >= 11 is 0. The van der Waals surface area contributed by atoms with E-state index in [1.807, 2.05) is 0 Å². The van der Waals surface area contributed by atoms with Gasteiger partial charge in [0.05, 0.1) is 0 Å². The highest BCUT2D eigenvalue weighted by Crippen LogP contribution is 2.59. The first-order chi connectivity index (χ1) is 10.6. The van der Waals surface area contributed by atoms with Gasteiger partial charge in [-0.05, 0) is 35.1 Å². The Morgan fingerprint density at radius 2 is 0.955 bits per heavy atom. The molecule has 0 saturated heterocycles. The first-order valence-electron chi connectivity index (χ1n) is 8.18. The van der Waals surface area contributed by atoms with Crippen LogP contribution in [0.3, 0.4) is 0 Å². The fourth-order valence-corrected chi connectivity index (χ4v) is 4.12. The minimum Gasteiger partial charge on any atom is -0.0695 e. The molecule has 0 nitrogen and oxygen atoms in total. The third-order valence-electron chi connectivity index (χ3n) is 5.49. The molecule has 110 valence electrons. The van der Waals surface area contributed by atoms with Crippen molar-refractivity contribution in [3.63, 3.8) is 0 Å². The topological polar surface area (TPSA) is 0 Å². The summed E-state index contributed by atoms with van der Waals surface area (Å²) in [4.78, 5) is 0. The number of hydrogen-bond acceptors (Lipinski definition) is 0. The molecule has 0 saturated carbocycles. The van der Waals surface area contributed by atoms with Gasteiger partial charge < -0.3 is 0 Å². The second kappa shape index (κ2) is 4.71. The summed E-state index contributed by atoms with van der Waals surface area (Å²) < 4.78 is 0. The first kappa shape index (κ1) is 13.6. The van der Waals surface area contributed by atoms with Gasteiger partial charge in [-0.15, -0.1) is 0 Å². The van der Waals surface area contributed by atoms with Crippen LogP contribution in [-0.4, -0.2) is 0 Å². The molecule has 0 spiro atoms. The highest BCUT2D eigenvalue weighted by atomic mass is 14.5. The zero-order valence-electron chi connectivity index (χ0n) is 13.3. The molecule has 2 atom stereocenters. The molecular weight excluding hydrogens is 264 g/mol. The van der Waals surface area contributed by atoms with E-state index in [9.17, 15) is 0 Å². The zero-order chi connectivity index (χ0) is 15.2. The molecule has 0 amide bonds. The quantitative estimate of drug-likeness (QED) is 0.637. The average Bonchev–Trinajstić information content (AvgIpc) is 2.57. The Kier molecular flexibility index (Phi) is 2.91. The van der Waals surface area contributed by atoms with Crippen LogP contribution in [-0.2, 0) is 0 Å². The van der Waals surface area contributed by atoms with Gasteiger partial charge >= 0.3 is 0 Å². The summed E-state index contributed by atoms with van der Waals surface area (Å²) in [6.07, 6.45) is 7.55. The number of hydrogen-bond donors (Lipinski definition) is 0. The molecule has 5 rings (SSSR count). The summed E-state index contributed by atoms with van der Waals surface area (Å²) in [5.41, 5.74) is 6.07. The number of allylic oxidation sites excluding steroid dienone is 4. The number of benzene rings is 2.